The number of hydrogen-bond acceptors (Lipinski definition) is 6. The first-order valence-electron chi connectivity index (χ1n) is 11.4. The molecule has 6 nitrogen and oxygen atoms in total. The first kappa shape index (κ1) is 23.4. The van der Waals surface area contributed by atoms with E-state index in [-0.39, 0.29) is 13.2 Å². The fourth-order valence-electron chi connectivity index (χ4n) is 4.81. The predicted molar refractivity (Wildman–Crippen MR) is 120 cm³/mol. The van der Waals surface area contributed by atoms with Gasteiger partial charge in [0.25, 0.3) is 0 Å². The Hall–Kier alpha value is -1.80. The van der Waals surface area contributed by atoms with Crippen LogP contribution in [0.1, 0.15) is 44.7 Å². The van der Waals surface area contributed by atoms with Crippen molar-refractivity contribution in [1.82, 2.24) is 0 Å². The van der Waals surface area contributed by atoms with Gasteiger partial charge >= 0.3 is 0 Å². The van der Waals surface area contributed by atoms with Crippen molar-refractivity contribution in [2.45, 2.75) is 76.2 Å². The Morgan fingerprint density at radius 2 is 1.50 bits per heavy atom. The van der Waals surface area contributed by atoms with Crippen LogP contribution >= 0.6 is 0 Å². The molecule has 4 rings (SSSR count). The Morgan fingerprint density at radius 3 is 2.09 bits per heavy atom. The summed E-state index contributed by atoms with van der Waals surface area (Å²) in [7, 11) is 0. The molecule has 6 heteroatoms. The molecular formula is C26H34O6. The van der Waals surface area contributed by atoms with E-state index in [0.29, 0.717) is 19.6 Å². The second kappa shape index (κ2) is 9.59. The van der Waals surface area contributed by atoms with Crippen LogP contribution in [0.25, 0.3) is 0 Å². The minimum atomic E-state index is -1.11. The van der Waals surface area contributed by atoms with E-state index in [1.807, 2.05) is 74.5 Å². The van der Waals surface area contributed by atoms with Crippen molar-refractivity contribution in [2.24, 2.45) is 0 Å². The number of fused-ring (bicyclic) bond motifs is 1. The highest BCUT2D eigenvalue weighted by atomic mass is 16.9. The summed E-state index contributed by atoms with van der Waals surface area (Å²) in [5.74, 6) is -0.795. The summed E-state index contributed by atoms with van der Waals surface area (Å²) in [6, 6.07) is 19.9. The standard InChI is InChI=1S/C26H34O6/c1-4-15-26(29-17-21-13-9-6-10-14-21)22-23(31-24(2,3)30-22)32-25(26,18-27)19-28-16-20-11-7-5-8-12-20/h5-14,22-23,27H,4,15-19H2,1-3H3/t22-,23-,25-,26-/m0/s1. The molecule has 0 unspecified atom stereocenters. The number of benzene rings is 2. The lowest BCUT2D eigenvalue weighted by molar-refractivity contribution is -0.289. The van der Waals surface area contributed by atoms with E-state index in [2.05, 4.69) is 6.92 Å². The molecule has 0 bridgehead atoms. The van der Waals surface area contributed by atoms with Crippen LogP contribution in [0.2, 0.25) is 0 Å². The molecule has 2 heterocycles. The van der Waals surface area contributed by atoms with Gasteiger partial charge in [0, 0.05) is 0 Å². The number of ether oxygens (including phenoxy) is 5. The van der Waals surface area contributed by atoms with Gasteiger partial charge in [0.2, 0.25) is 0 Å². The van der Waals surface area contributed by atoms with Gasteiger partial charge in [-0.3, -0.25) is 0 Å². The third-order valence-corrected chi connectivity index (χ3v) is 6.29. The van der Waals surface area contributed by atoms with E-state index in [1.165, 1.54) is 0 Å². The zero-order chi connectivity index (χ0) is 22.7. The minimum Gasteiger partial charge on any atom is -0.393 e. The van der Waals surface area contributed by atoms with Crippen LogP contribution < -0.4 is 0 Å². The first-order valence-corrected chi connectivity index (χ1v) is 11.4. The summed E-state index contributed by atoms with van der Waals surface area (Å²) in [5.41, 5.74) is 0.0558. The number of aliphatic hydroxyl groups excluding tert-OH is 1. The molecule has 0 spiro atoms. The average Bonchev–Trinajstić information content (AvgIpc) is 3.22. The van der Waals surface area contributed by atoms with E-state index in [1.54, 1.807) is 0 Å². The molecule has 0 aromatic heterocycles. The van der Waals surface area contributed by atoms with Crippen LogP contribution in [0, 0.1) is 0 Å². The van der Waals surface area contributed by atoms with E-state index >= 15 is 0 Å². The normalized spacial score (nSPS) is 31.0. The van der Waals surface area contributed by atoms with E-state index < -0.39 is 29.4 Å². The number of hydrogen-bond donors (Lipinski definition) is 1. The highest BCUT2D eigenvalue weighted by molar-refractivity contribution is 5.18. The van der Waals surface area contributed by atoms with Crippen molar-refractivity contribution >= 4 is 0 Å². The number of rotatable bonds is 10. The molecule has 0 saturated carbocycles. The maximum absolute atomic E-state index is 10.7. The van der Waals surface area contributed by atoms with Crippen LogP contribution in [-0.4, -0.2) is 47.7 Å². The van der Waals surface area contributed by atoms with Crippen molar-refractivity contribution in [3.63, 3.8) is 0 Å². The average molecular weight is 443 g/mol. The van der Waals surface area contributed by atoms with E-state index in [4.69, 9.17) is 23.7 Å². The maximum atomic E-state index is 10.7. The van der Waals surface area contributed by atoms with Gasteiger partial charge in [-0.05, 0) is 31.4 Å². The Balaban J connectivity index is 1.62. The van der Waals surface area contributed by atoms with Gasteiger partial charge in [-0.1, -0.05) is 74.0 Å². The van der Waals surface area contributed by atoms with Crippen molar-refractivity contribution in [3.8, 4) is 0 Å². The molecule has 0 amide bonds. The Morgan fingerprint density at radius 1 is 0.875 bits per heavy atom. The molecule has 2 saturated heterocycles. The third-order valence-electron chi connectivity index (χ3n) is 6.29. The highest BCUT2D eigenvalue weighted by Crippen LogP contribution is 2.53. The lowest BCUT2D eigenvalue weighted by atomic mass is 9.77. The molecule has 174 valence electrons. The number of aliphatic hydroxyl groups is 1. The van der Waals surface area contributed by atoms with Crippen molar-refractivity contribution in [3.05, 3.63) is 71.8 Å². The van der Waals surface area contributed by atoms with Gasteiger partial charge in [0.15, 0.2) is 12.1 Å². The largest absolute Gasteiger partial charge is 0.393 e. The van der Waals surface area contributed by atoms with Crippen LogP contribution in [0.5, 0.6) is 0 Å². The summed E-state index contributed by atoms with van der Waals surface area (Å²) in [6.45, 7) is 6.51. The molecule has 1 N–H and O–H groups in total. The molecule has 2 aliphatic heterocycles. The Kier molecular flexibility index (Phi) is 7.00. The summed E-state index contributed by atoms with van der Waals surface area (Å²) >= 11 is 0. The van der Waals surface area contributed by atoms with E-state index in [9.17, 15) is 5.11 Å². The van der Waals surface area contributed by atoms with Crippen LogP contribution in [0.4, 0.5) is 0 Å². The Labute approximate surface area is 190 Å². The monoisotopic (exact) mass is 442 g/mol. The van der Waals surface area contributed by atoms with Crippen LogP contribution in [-0.2, 0) is 36.9 Å². The second-order valence-electron chi connectivity index (χ2n) is 9.09. The van der Waals surface area contributed by atoms with Gasteiger partial charge in [0.05, 0.1) is 26.4 Å². The molecule has 0 radical (unpaired) electrons. The lowest BCUT2D eigenvalue weighted by Crippen LogP contribution is -2.63. The smallest absolute Gasteiger partial charge is 0.191 e. The van der Waals surface area contributed by atoms with Gasteiger partial charge in [-0.25, -0.2) is 0 Å². The van der Waals surface area contributed by atoms with Gasteiger partial charge < -0.3 is 28.8 Å². The molecule has 2 aromatic carbocycles. The lowest BCUT2D eigenvalue weighted by Gasteiger charge is -2.45. The van der Waals surface area contributed by atoms with Crippen molar-refractivity contribution in [1.29, 1.82) is 0 Å². The van der Waals surface area contributed by atoms with Gasteiger partial charge in [-0.2, -0.15) is 0 Å². The highest BCUT2D eigenvalue weighted by Gasteiger charge is 2.71. The minimum absolute atomic E-state index is 0.160. The molecular weight excluding hydrogens is 408 g/mol. The summed E-state index contributed by atoms with van der Waals surface area (Å²) in [4.78, 5) is 0. The van der Waals surface area contributed by atoms with Gasteiger partial charge in [-0.15, -0.1) is 0 Å². The molecule has 2 aliphatic rings. The molecule has 32 heavy (non-hydrogen) atoms. The maximum Gasteiger partial charge on any atom is 0.191 e. The van der Waals surface area contributed by atoms with Crippen molar-refractivity contribution in [2.75, 3.05) is 13.2 Å². The second-order valence-corrected chi connectivity index (χ2v) is 9.09. The molecule has 0 aliphatic carbocycles. The van der Waals surface area contributed by atoms with Crippen LogP contribution in [0.15, 0.2) is 60.7 Å². The SMILES string of the molecule is CCC[C@]1(OCc2ccccc2)[C@H]2OC(C)(C)O[C@H]2O[C@@]1(CO)COCc1ccccc1. The predicted octanol–water partition coefficient (Wildman–Crippen LogP) is 4.20. The summed E-state index contributed by atoms with van der Waals surface area (Å²) < 4.78 is 31.5. The van der Waals surface area contributed by atoms with Crippen LogP contribution in [0.3, 0.4) is 0 Å². The summed E-state index contributed by atoms with van der Waals surface area (Å²) in [5, 5.41) is 10.7. The fraction of sp³-hybridized carbons (Fsp3) is 0.538. The third kappa shape index (κ3) is 4.49. The fourth-order valence-corrected chi connectivity index (χ4v) is 4.81. The zero-order valence-electron chi connectivity index (χ0n) is 19.2. The first-order chi connectivity index (χ1) is 15.4. The molecule has 4 atom stereocenters. The summed E-state index contributed by atoms with van der Waals surface area (Å²) in [6.07, 6.45) is 0.342. The molecule has 2 aromatic rings. The zero-order valence-corrected chi connectivity index (χ0v) is 19.2. The van der Waals surface area contributed by atoms with Crippen molar-refractivity contribution < 1.29 is 28.8 Å². The molecule has 2 fully saturated rings. The van der Waals surface area contributed by atoms with Gasteiger partial charge in [0.1, 0.15) is 17.3 Å². The topological polar surface area (TPSA) is 66.4 Å². The Bertz CT molecular complexity index is 857. The van der Waals surface area contributed by atoms with E-state index in [0.717, 1.165) is 17.5 Å². The quantitative estimate of drug-likeness (QED) is 0.595.